The maximum Gasteiger partial charge on any atom is 0.363 e. The Morgan fingerprint density at radius 3 is 2.16 bits per heavy atom. The second-order valence-corrected chi connectivity index (χ2v) is 7.50. The number of rotatable bonds is 11. The van der Waals surface area contributed by atoms with Gasteiger partial charge in [0.05, 0.1) is 24.7 Å². The molecule has 2 aromatic carbocycles. The van der Waals surface area contributed by atoms with Crippen LogP contribution >= 0.6 is 0 Å². The van der Waals surface area contributed by atoms with Gasteiger partial charge in [0.15, 0.2) is 5.69 Å². The average molecular weight is 419 g/mol. The lowest BCUT2D eigenvalue weighted by Gasteiger charge is -2.07. The number of aryl methyl sites for hydroxylation is 1. The van der Waals surface area contributed by atoms with Gasteiger partial charge in [-0.25, -0.2) is 9.78 Å². The number of nitrogens with zero attached hydrogens (tertiary/aromatic N) is 2. The molecule has 0 atom stereocenters. The van der Waals surface area contributed by atoms with Crippen molar-refractivity contribution in [2.24, 2.45) is 0 Å². The summed E-state index contributed by atoms with van der Waals surface area (Å²) in [7, 11) is 0. The first-order valence-electron chi connectivity index (χ1n) is 11.1. The van der Waals surface area contributed by atoms with Gasteiger partial charge < -0.3 is 9.47 Å². The van der Waals surface area contributed by atoms with E-state index in [4.69, 9.17) is 9.47 Å². The molecule has 0 saturated heterocycles. The summed E-state index contributed by atoms with van der Waals surface area (Å²) in [5.41, 5.74) is 3.02. The van der Waals surface area contributed by atoms with E-state index in [1.165, 1.54) is 31.0 Å². The van der Waals surface area contributed by atoms with E-state index in [2.05, 4.69) is 23.8 Å². The van der Waals surface area contributed by atoms with E-state index in [-0.39, 0.29) is 5.69 Å². The Labute approximate surface area is 184 Å². The Balaban J connectivity index is 1.56. The number of hydrogen-bond donors (Lipinski definition) is 0. The molecule has 0 aliphatic carbocycles. The predicted molar refractivity (Wildman–Crippen MR) is 123 cm³/mol. The van der Waals surface area contributed by atoms with E-state index in [1.54, 1.807) is 6.20 Å². The number of hydrogen-bond acceptors (Lipinski definition) is 5. The van der Waals surface area contributed by atoms with Crippen molar-refractivity contribution < 1.29 is 14.3 Å². The Morgan fingerprint density at radius 1 is 0.806 bits per heavy atom. The molecule has 0 fully saturated rings. The van der Waals surface area contributed by atoms with Crippen LogP contribution in [0.15, 0.2) is 60.9 Å². The Bertz CT molecular complexity index is 936. The van der Waals surface area contributed by atoms with Crippen LogP contribution in [0, 0.1) is 0 Å². The number of carbonyl (C=O) groups excluding carboxylic acids is 1. The van der Waals surface area contributed by atoms with Crippen LogP contribution < -0.4 is 9.47 Å². The SMILES string of the molecule is CCCCCc1ccc(OC(=O)c2cnc(-c3ccc(OCCCC)cc3)cn2)cc1. The minimum absolute atomic E-state index is 0.176. The highest BCUT2D eigenvalue weighted by molar-refractivity contribution is 5.88. The maximum absolute atomic E-state index is 12.4. The molecular formula is C26H30N2O3. The van der Waals surface area contributed by atoms with Crippen LogP contribution in [-0.4, -0.2) is 22.5 Å². The lowest BCUT2D eigenvalue weighted by Crippen LogP contribution is -2.11. The van der Waals surface area contributed by atoms with E-state index in [0.717, 1.165) is 30.6 Å². The van der Waals surface area contributed by atoms with E-state index in [0.29, 0.717) is 18.1 Å². The highest BCUT2D eigenvalue weighted by Gasteiger charge is 2.12. The minimum Gasteiger partial charge on any atom is -0.494 e. The van der Waals surface area contributed by atoms with Gasteiger partial charge in [0.2, 0.25) is 0 Å². The normalized spacial score (nSPS) is 10.6. The van der Waals surface area contributed by atoms with Gasteiger partial charge in [-0.05, 0) is 61.2 Å². The first kappa shape index (κ1) is 22.5. The van der Waals surface area contributed by atoms with E-state index in [9.17, 15) is 4.79 Å². The molecule has 0 aliphatic heterocycles. The maximum atomic E-state index is 12.4. The zero-order valence-corrected chi connectivity index (χ0v) is 18.3. The first-order valence-corrected chi connectivity index (χ1v) is 11.1. The third kappa shape index (κ3) is 6.92. The second kappa shape index (κ2) is 11.8. The molecular weight excluding hydrogens is 388 g/mol. The molecule has 0 radical (unpaired) electrons. The van der Waals surface area contributed by atoms with Crippen molar-refractivity contribution in [2.75, 3.05) is 6.61 Å². The number of benzene rings is 2. The fraction of sp³-hybridized carbons (Fsp3) is 0.346. The standard InChI is InChI=1S/C26H30N2O3/c1-3-5-7-8-20-9-13-23(14-10-20)31-26(29)25-19-27-24(18-28-25)21-11-15-22(16-12-21)30-17-6-4-2/h9-16,18-19H,3-8,17H2,1-2H3. The first-order chi connectivity index (χ1) is 15.2. The monoisotopic (exact) mass is 418 g/mol. The molecule has 31 heavy (non-hydrogen) atoms. The fourth-order valence-electron chi connectivity index (χ4n) is 3.10. The predicted octanol–water partition coefficient (Wildman–Crippen LogP) is 6.27. The molecule has 0 aliphatic rings. The van der Waals surface area contributed by atoms with Crippen molar-refractivity contribution in [3.63, 3.8) is 0 Å². The molecule has 0 unspecified atom stereocenters. The molecule has 162 valence electrons. The van der Waals surface area contributed by atoms with Crippen molar-refractivity contribution in [1.82, 2.24) is 9.97 Å². The van der Waals surface area contributed by atoms with E-state index >= 15 is 0 Å². The average Bonchev–Trinajstić information content (AvgIpc) is 2.81. The Hall–Kier alpha value is -3.21. The number of unbranched alkanes of at least 4 members (excludes halogenated alkanes) is 3. The largest absolute Gasteiger partial charge is 0.494 e. The molecule has 5 nitrogen and oxygen atoms in total. The third-order valence-electron chi connectivity index (χ3n) is 4.98. The lowest BCUT2D eigenvalue weighted by molar-refractivity contribution is 0.0728. The van der Waals surface area contributed by atoms with Gasteiger partial charge in [-0.1, -0.05) is 45.2 Å². The van der Waals surface area contributed by atoms with E-state index < -0.39 is 5.97 Å². The Morgan fingerprint density at radius 2 is 1.52 bits per heavy atom. The summed E-state index contributed by atoms with van der Waals surface area (Å²) in [6.07, 6.45) is 9.81. The van der Waals surface area contributed by atoms with Gasteiger partial charge in [0, 0.05) is 5.56 Å². The van der Waals surface area contributed by atoms with Gasteiger partial charge in [0.1, 0.15) is 11.5 Å². The zero-order chi connectivity index (χ0) is 21.9. The molecule has 1 aromatic heterocycles. The molecule has 0 amide bonds. The van der Waals surface area contributed by atoms with Gasteiger partial charge in [-0.2, -0.15) is 0 Å². The smallest absolute Gasteiger partial charge is 0.363 e. The quantitative estimate of drug-likeness (QED) is 0.208. The Kier molecular flexibility index (Phi) is 8.59. The number of carbonyl (C=O) groups is 1. The second-order valence-electron chi connectivity index (χ2n) is 7.50. The van der Waals surface area contributed by atoms with Gasteiger partial charge in [0.25, 0.3) is 0 Å². The van der Waals surface area contributed by atoms with Crippen LogP contribution in [0.3, 0.4) is 0 Å². The van der Waals surface area contributed by atoms with Gasteiger partial charge in [-0.15, -0.1) is 0 Å². The van der Waals surface area contributed by atoms with Crippen LogP contribution in [0.2, 0.25) is 0 Å². The molecule has 0 saturated carbocycles. The number of aromatic nitrogens is 2. The van der Waals surface area contributed by atoms with Crippen molar-refractivity contribution >= 4 is 5.97 Å². The van der Waals surface area contributed by atoms with Crippen molar-refractivity contribution in [3.05, 3.63) is 72.2 Å². The molecule has 1 heterocycles. The van der Waals surface area contributed by atoms with E-state index in [1.807, 2.05) is 48.5 Å². The fourth-order valence-corrected chi connectivity index (χ4v) is 3.10. The van der Waals surface area contributed by atoms with Crippen LogP contribution in [0.1, 0.15) is 62.0 Å². The molecule has 3 rings (SSSR count). The van der Waals surface area contributed by atoms with Crippen LogP contribution in [0.25, 0.3) is 11.3 Å². The summed E-state index contributed by atoms with van der Waals surface area (Å²) < 4.78 is 11.1. The number of ether oxygens (including phenoxy) is 2. The van der Waals surface area contributed by atoms with Crippen LogP contribution in [0.5, 0.6) is 11.5 Å². The van der Waals surface area contributed by atoms with Crippen molar-refractivity contribution in [3.8, 4) is 22.8 Å². The summed E-state index contributed by atoms with van der Waals surface area (Å²) in [4.78, 5) is 21.0. The summed E-state index contributed by atoms with van der Waals surface area (Å²) in [6.45, 7) is 5.04. The van der Waals surface area contributed by atoms with Crippen molar-refractivity contribution in [2.45, 2.75) is 52.4 Å². The molecule has 0 N–H and O–H groups in total. The van der Waals surface area contributed by atoms with Gasteiger partial charge >= 0.3 is 5.97 Å². The van der Waals surface area contributed by atoms with Crippen molar-refractivity contribution in [1.29, 1.82) is 0 Å². The zero-order valence-electron chi connectivity index (χ0n) is 18.3. The number of esters is 1. The van der Waals surface area contributed by atoms with Crippen LogP contribution in [-0.2, 0) is 6.42 Å². The minimum atomic E-state index is -0.516. The molecule has 0 bridgehead atoms. The van der Waals surface area contributed by atoms with Gasteiger partial charge in [-0.3, -0.25) is 4.98 Å². The lowest BCUT2D eigenvalue weighted by atomic mass is 10.1. The highest BCUT2D eigenvalue weighted by atomic mass is 16.5. The summed E-state index contributed by atoms with van der Waals surface area (Å²) >= 11 is 0. The topological polar surface area (TPSA) is 61.3 Å². The van der Waals surface area contributed by atoms with Crippen LogP contribution in [0.4, 0.5) is 0 Å². The summed E-state index contributed by atoms with van der Waals surface area (Å²) in [6, 6.07) is 15.4. The molecule has 5 heteroatoms. The molecule has 3 aromatic rings. The highest BCUT2D eigenvalue weighted by Crippen LogP contribution is 2.21. The summed E-state index contributed by atoms with van der Waals surface area (Å²) in [5.74, 6) is 0.827. The molecule has 0 spiro atoms. The third-order valence-corrected chi connectivity index (χ3v) is 4.98. The summed E-state index contributed by atoms with van der Waals surface area (Å²) in [5, 5.41) is 0.